The van der Waals surface area contributed by atoms with Gasteiger partial charge < -0.3 is 0 Å². The number of halogens is 2. The summed E-state index contributed by atoms with van der Waals surface area (Å²) in [5.41, 5.74) is 0.154. The Bertz CT molecular complexity index is 428. The van der Waals surface area contributed by atoms with Crippen LogP contribution in [-0.2, 0) is 0 Å². The average molecular weight is 260 g/mol. The average Bonchev–Trinajstić information content (AvgIpc) is 2.20. The third-order valence-electron chi connectivity index (χ3n) is 1.52. The Morgan fingerprint density at radius 3 is 3.00 bits per heavy atom. The van der Waals surface area contributed by atoms with Crippen LogP contribution in [0.25, 0.3) is 0 Å². The molecular weight excluding hydrogens is 253 g/mol. The van der Waals surface area contributed by atoms with Gasteiger partial charge in [-0.3, -0.25) is 0 Å². The van der Waals surface area contributed by atoms with Crippen molar-refractivity contribution in [3.05, 3.63) is 35.6 Å². The number of hydrogen-bond acceptors (Lipinski definition) is 3. The summed E-state index contributed by atoms with van der Waals surface area (Å²) in [6.07, 6.45) is 1.74. The standard InChI is InChI=1S/C10H7ClFNS2/c1-2-3-15-10-5-9(13-6-14)8(12)4-7(10)11/h2,4-5H,1,3H2. The van der Waals surface area contributed by atoms with Crippen LogP contribution >= 0.6 is 35.6 Å². The molecule has 0 saturated heterocycles. The minimum atomic E-state index is -0.500. The molecule has 0 aliphatic carbocycles. The molecule has 1 nitrogen and oxygen atoms in total. The lowest BCUT2D eigenvalue weighted by molar-refractivity contribution is 0.629. The first kappa shape index (κ1) is 12.4. The van der Waals surface area contributed by atoms with Crippen LogP contribution in [0.3, 0.4) is 0 Å². The van der Waals surface area contributed by atoms with Crippen LogP contribution in [0, 0.1) is 5.82 Å². The number of hydrogen-bond donors (Lipinski definition) is 0. The van der Waals surface area contributed by atoms with Gasteiger partial charge >= 0.3 is 0 Å². The Morgan fingerprint density at radius 1 is 1.67 bits per heavy atom. The van der Waals surface area contributed by atoms with E-state index in [-0.39, 0.29) is 5.69 Å². The lowest BCUT2D eigenvalue weighted by Gasteiger charge is -2.03. The second-order valence-electron chi connectivity index (χ2n) is 2.54. The number of aliphatic imine (C=N–C) groups is 1. The normalized spacial score (nSPS) is 9.47. The zero-order valence-electron chi connectivity index (χ0n) is 7.67. The van der Waals surface area contributed by atoms with Gasteiger partial charge in [0, 0.05) is 10.6 Å². The Balaban J connectivity index is 3.10. The van der Waals surface area contributed by atoms with Crippen molar-refractivity contribution in [2.45, 2.75) is 4.90 Å². The fraction of sp³-hybridized carbons (Fsp3) is 0.100. The first-order chi connectivity index (χ1) is 7.19. The molecule has 15 heavy (non-hydrogen) atoms. The summed E-state index contributed by atoms with van der Waals surface area (Å²) in [5, 5.41) is 2.49. The Kier molecular flexibility index (Phi) is 4.99. The van der Waals surface area contributed by atoms with Crippen molar-refractivity contribution in [3.8, 4) is 0 Å². The molecule has 78 valence electrons. The maximum Gasteiger partial charge on any atom is 0.151 e. The quantitative estimate of drug-likeness (QED) is 0.342. The van der Waals surface area contributed by atoms with Crippen molar-refractivity contribution in [3.63, 3.8) is 0 Å². The fourth-order valence-corrected chi connectivity index (χ4v) is 2.01. The summed E-state index contributed by atoms with van der Waals surface area (Å²) in [7, 11) is 0. The molecule has 0 spiro atoms. The van der Waals surface area contributed by atoms with Gasteiger partial charge in [-0.25, -0.2) is 4.39 Å². The van der Waals surface area contributed by atoms with E-state index < -0.39 is 5.82 Å². The molecule has 0 heterocycles. The molecule has 1 rings (SSSR count). The Labute approximate surface area is 102 Å². The fourth-order valence-electron chi connectivity index (χ4n) is 0.913. The highest BCUT2D eigenvalue weighted by molar-refractivity contribution is 7.99. The zero-order chi connectivity index (χ0) is 11.3. The molecule has 0 bridgehead atoms. The van der Waals surface area contributed by atoms with Crippen LogP contribution < -0.4 is 0 Å². The predicted octanol–water partition coefficient (Wildman–Crippen LogP) is 4.49. The summed E-state index contributed by atoms with van der Waals surface area (Å²) in [6, 6.07) is 2.77. The van der Waals surface area contributed by atoms with E-state index in [9.17, 15) is 4.39 Å². The molecule has 0 atom stereocenters. The molecule has 0 amide bonds. The molecule has 5 heteroatoms. The van der Waals surface area contributed by atoms with Gasteiger partial charge in [0.05, 0.1) is 10.2 Å². The van der Waals surface area contributed by atoms with E-state index in [1.165, 1.54) is 17.8 Å². The molecule has 0 N–H and O–H groups in total. The third-order valence-corrected chi connectivity index (χ3v) is 3.09. The predicted molar refractivity (Wildman–Crippen MR) is 67.0 cm³/mol. The maximum atomic E-state index is 13.2. The van der Waals surface area contributed by atoms with Gasteiger partial charge in [0.1, 0.15) is 5.69 Å². The van der Waals surface area contributed by atoms with Crippen molar-refractivity contribution in [2.75, 3.05) is 5.75 Å². The molecule has 0 aliphatic heterocycles. The van der Waals surface area contributed by atoms with Gasteiger partial charge in [0.25, 0.3) is 0 Å². The zero-order valence-corrected chi connectivity index (χ0v) is 10.1. The first-order valence-corrected chi connectivity index (χ1v) is 5.77. The van der Waals surface area contributed by atoms with Crippen molar-refractivity contribution in [1.82, 2.24) is 0 Å². The van der Waals surface area contributed by atoms with E-state index >= 15 is 0 Å². The molecule has 0 fully saturated rings. The molecule has 0 unspecified atom stereocenters. The number of nitrogens with zero attached hydrogens (tertiary/aromatic N) is 1. The van der Waals surface area contributed by atoms with Gasteiger partial charge in [-0.2, -0.15) is 4.99 Å². The number of benzene rings is 1. The lowest BCUT2D eigenvalue weighted by atomic mass is 10.3. The highest BCUT2D eigenvalue weighted by atomic mass is 35.5. The minimum Gasteiger partial charge on any atom is -0.205 e. The molecule has 0 radical (unpaired) electrons. The minimum absolute atomic E-state index is 0.154. The summed E-state index contributed by atoms with van der Waals surface area (Å²) in [4.78, 5) is 4.36. The number of isothiocyanates is 1. The van der Waals surface area contributed by atoms with E-state index in [4.69, 9.17) is 11.6 Å². The monoisotopic (exact) mass is 259 g/mol. The first-order valence-electron chi connectivity index (χ1n) is 3.99. The Morgan fingerprint density at radius 2 is 2.40 bits per heavy atom. The van der Waals surface area contributed by atoms with E-state index in [1.54, 1.807) is 12.1 Å². The highest BCUT2D eigenvalue weighted by Crippen LogP contribution is 2.32. The smallest absolute Gasteiger partial charge is 0.151 e. The van der Waals surface area contributed by atoms with E-state index in [2.05, 4.69) is 29.0 Å². The van der Waals surface area contributed by atoms with E-state index in [1.807, 2.05) is 0 Å². The van der Waals surface area contributed by atoms with Crippen LogP contribution in [0.4, 0.5) is 10.1 Å². The topological polar surface area (TPSA) is 12.4 Å². The van der Waals surface area contributed by atoms with Crippen LogP contribution in [0.5, 0.6) is 0 Å². The number of thiocarbonyl (C=S) groups is 1. The molecule has 0 saturated carbocycles. The van der Waals surface area contributed by atoms with Crippen LogP contribution in [0.1, 0.15) is 0 Å². The largest absolute Gasteiger partial charge is 0.205 e. The van der Waals surface area contributed by atoms with E-state index in [0.717, 1.165) is 4.90 Å². The van der Waals surface area contributed by atoms with Gasteiger partial charge in [-0.1, -0.05) is 17.7 Å². The third kappa shape index (κ3) is 3.43. The summed E-state index contributed by atoms with van der Waals surface area (Å²) < 4.78 is 13.2. The molecule has 1 aromatic rings. The van der Waals surface area contributed by atoms with Crippen LogP contribution in [-0.4, -0.2) is 10.9 Å². The van der Waals surface area contributed by atoms with Crippen molar-refractivity contribution in [2.24, 2.45) is 4.99 Å². The number of thioether (sulfide) groups is 1. The number of rotatable bonds is 4. The summed E-state index contributed by atoms with van der Waals surface area (Å²) >= 11 is 11.7. The molecule has 0 aliphatic rings. The lowest BCUT2D eigenvalue weighted by Crippen LogP contribution is -1.81. The second-order valence-corrected chi connectivity index (χ2v) is 4.19. The molecule has 1 aromatic carbocycles. The second kappa shape index (κ2) is 6.03. The van der Waals surface area contributed by atoms with Crippen LogP contribution in [0.15, 0.2) is 34.7 Å². The van der Waals surface area contributed by atoms with Crippen molar-refractivity contribution in [1.29, 1.82) is 0 Å². The van der Waals surface area contributed by atoms with Crippen molar-refractivity contribution < 1.29 is 4.39 Å². The van der Waals surface area contributed by atoms with Crippen LogP contribution in [0.2, 0.25) is 5.02 Å². The highest BCUT2D eigenvalue weighted by Gasteiger charge is 2.07. The van der Waals surface area contributed by atoms with Gasteiger partial charge in [0.15, 0.2) is 5.82 Å². The summed E-state index contributed by atoms with van der Waals surface area (Å²) in [6.45, 7) is 3.59. The van der Waals surface area contributed by atoms with E-state index in [0.29, 0.717) is 10.8 Å². The summed E-state index contributed by atoms with van der Waals surface area (Å²) in [5.74, 6) is 0.201. The SMILES string of the molecule is C=CCSc1cc(N=C=S)c(F)cc1Cl. The van der Waals surface area contributed by atoms with Gasteiger partial charge in [0.2, 0.25) is 0 Å². The van der Waals surface area contributed by atoms with Gasteiger partial charge in [-0.05, 0) is 24.4 Å². The molecular formula is C10H7ClFNS2. The molecule has 0 aromatic heterocycles. The maximum absolute atomic E-state index is 13.2. The Hall–Kier alpha value is -0.670. The van der Waals surface area contributed by atoms with Gasteiger partial charge in [-0.15, -0.1) is 18.3 Å². The van der Waals surface area contributed by atoms with Crippen molar-refractivity contribution >= 4 is 46.4 Å².